The first-order chi connectivity index (χ1) is 8.38. The van der Waals surface area contributed by atoms with Crippen molar-refractivity contribution in [2.45, 2.75) is 32.4 Å². The van der Waals surface area contributed by atoms with Crippen LogP contribution in [-0.2, 0) is 13.0 Å². The molecule has 0 aliphatic heterocycles. The Morgan fingerprint density at radius 3 is 2.59 bits per heavy atom. The number of benzene rings is 1. The summed E-state index contributed by atoms with van der Waals surface area (Å²) in [5, 5.41) is 3.56. The highest BCUT2D eigenvalue weighted by atomic mass is 16.3. The first-order valence-electron chi connectivity index (χ1n) is 6.17. The Bertz CT molecular complexity index is 408. The molecule has 17 heavy (non-hydrogen) atoms. The van der Waals surface area contributed by atoms with Crippen molar-refractivity contribution in [3.05, 3.63) is 60.1 Å². The molecule has 1 N–H and O–H groups in total. The zero-order valence-corrected chi connectivity index (χ0v) is 10.2. The van der Waals surface area contributed by atoms with Gasteiger partial charge in [-0.3, -0.25) is 0 Å². The lowest BCUT2D eigenvalue weighted by molar-refractivity contribution is 0.490. The van der Waals surface area contributed by atoms with Gasteiger partial charge in [0, 0.05) is 18.2 Å². The van der Waals surface area contributed by atoms with E-state index in [1.54, 1.807) is 12.5 Å². The van der Waals surface area contributed by atoms with E-state index in [0.717, 1.165) is 19.4 Å². The Morgan fingerprint density at radius 2 is 1.94 bits per heavy atom. The second kappa shape index (κ2) is 6.26. The van der Waals surface area contributed by atoms with Crippen LogP contribution in [-0.4, -0.2) is 6.04 Å². The fourth-order valence-electron chi connectivity index (χ4n) is 1.91. The van der Waals surface area contributed by atoms with E-state index in [1.807, 2.05) is 6.07 Å². The quantitative estimate of drug-likeness (QED) is 0.821. The zero-order valence-electron chi connectivity index (χ0n) is 10.2. The third-order valence-corrected chi connectivity index (χ3v) is 2.99. The maximum absolute atomic E-state index is 5.06. The number of nitrogens with one attached hydrogen (secondary N) is 1. The molecule has 2 rings (SSSR count). The summed E-state index contributed by atoms with van der Waals surface area (Å²) in [6.45, 7) is 3.10. The standard InChI is InChI=1S/C15H19NO/c1-2-15(10-13-6-4-3-5-7-13)16-11-14-8-9-17-12-14/h3-9,12,15-16H,2,10-11H2,1H3. The molecule has 0 amide bonds. The van der Waals surface area contributed by atoms with Gasteiger partial charge in [0.15, 0.2) is 0 Å². The molecular weight excluding hydrogens is 210 g/mol. The number of rotatable bonds is 6. The maximum Gasteiger partial charge on any atom is 0.0947 e. The third-order valence-electron chi connectivity index (χ3n) is 2.99. The molecule has 0 saturated carbocycles. The van der Waals surface area contributed by atoms with E-state index < -0.39 is 0 Å². The monoisotopic (exact) mass is 229 g/mol. The SMILES string of the molecule is CCC(Cc1ccccc1)NCc1ccoc1. The van der Waals surface area contributed by atoms with Crippen LogP contribution in [0.1, 0.15) is 24.5 Å². The minimum absolute atomic E-state index is 0.521. The molecule has 0 bridgehead atoms. The molecule has 0 radical (unpaired) electrons. The van der Waals surface area contributed by atoms with Crippen molar-refractivity contribution in [3.8, 4) is 0 Å². The third kappa shape index (κ3) is 3.75. The second-order valence-electron chi connectivity index (χ2n) is 4.31. The van der Waals surface area contributed by atoms with Crippen molar-refractivity contribution >= 4 is 0 Å². The highest BCUT2D eigenvalue weighted by Gasteiger charge is 2.06. The van der Waals surface area contributed by atoms with Crippen LogP contribution in [0.5, 0.6) is 0 Å². The summed E-state index contributed by atoms with van der Waals surface area (Å²) >= 11 is 0. The van der Waals surface area contributed by atoms with Crippen molar-refractivity contribution < 1.29 is 4.42 Å². The first-order valence-corrected chi connectivity index (χ1v) is 6.17. The summed E-state index contributed by atoms with van der Waals surface area (Å²) < 4.78 is 5.06. The first kappa shape index (κ1) is 11.9. The van der Waals surface area contributed by atoms with Gasteiger partial charge in [-0.05, 0) is 24.5 Å². The summed E-state index contributed by atoms with van der Waals surface area (Å²) in [4.78, 5) is 0. The van der Waals surface area contributed by atoms with Crippen LogP contribution < -0.4 is 5.32 Å². The lowest BCUT2D eigenvalue weighted by Crippen LogP contribution is -2.29. The molecule has 1 atom stereocenters. The van der Waals surface area contributed by atoms with E-state index in [9.17, 15) is 0 Å². The van der Waals surface area contributed by atoms with Gasteiger partial charge in [0.1, 0.15) is 0 Å². The summed E-state index contributed by atoms with van der Waals surface area (Å²) in [7, 11) is 0. The second-order valence-corrected chi connectivity index (χ2v) is 4.31. The van der Waals surface area contributed by atoms with E-state index >= 15 is 0 Å². The molecule has 2 aromatic rings. The van der Waals surface area contributed by atoms with Crippen LogP contribution >= 0.6 is 0 Å². The summed E-state index contributed by atoms with van der Waals surface area (Å²) in [5.41, 5.74) is 2.59. The molecule has 90 valence electrons. The van der Waals surface area contributed by atoms with Crippen LogP contribution in [0, 0.1) is 0 Å². The van der Waals surface area contributed by atoms with Crippen LogP contribution in [0.25, 0.3) is 0 Å². The lowest BCUT2D eigenvalue weighted by atomic mass is 10.0. The predicted molar refractivity (Wildman–Crippen MR) is 69.8 cm³/mol. The minimum atomic E-state index is 0.521. The van der Waals surface area contributed by atoms with Crippen molar-refractivity contribution in [1.29, 1.82) is 0 Å². The van der Waals surface area contributed by atoms with Gasteiger partial charge in [0.25, 0.3) is 0 Å². The Hall–Kier alpha value is -1.54. The molecule has 0 spiro atoms. The molecule has 1 unspecified atom stereocenters. The average Bonchev–Trinajstić information content (AvgIpc) is 2.89. The van der Waals surface area contributed by atoms with Gasteiger partial charge in [0.05, 0.1) is 12.5 Å². The Labute approximate surface area is 103 Å². The highest BCUT2D eigenvalue weighted by molar-refractivity contribution is 5.16. The Kier molecular flexibility index (Phi) is 4.39. The van der Waals surface area contributed by atoms with Gasteiger partial charge in [-0.2, -0.15) is 0 Å². The molecule has 0 aliphatic rings. The topological polar surface area (TPSA) is 25.2 Å². The number of furan rings is 1. The van der Waals surface area contributed by atoms with E-state index in [0.29, 0.717) is 6.04 Å². The highest BCUT2D eigenvalue weighted by Crippen LogP contribution is 2.07. The van der Waals surface area contributed by atoms with Crippen LogP contribution in [0.3, 0.4) is 0 Å². The van der Waals surface area contributed by atoms with E-state index in [2.05, 4.69) is 42.6 Å². The Balaban J connectivity index is 1.85. The number of hydrogen-bond donors (Lipinski definition) is 1. The largest absolute Gasteiger partial charge is 0.472 e. The smallest absolute Gasteiger partial charge is 0.0947 e. The average molecular weight is 229 g/mol. The summed E-state index contributed by atoms with van der Waals surface area (Å²) in [6.07, 6.45) is 5.72. The molecule has 0 saturated heterocycles. The van der Waals surface area contributed by atoms with E-state index in [1.165, 1.54) is 11.1 Å². The van der Waals surface area contributed by atoms with Crippen LogP contribution in [0.2, 0.25) is 0 Å². The lowest BCUT2D eigenvalue weighted by Gasteiger charge is -2.16. The number of hydrogen-bond acceptors (Lipinski definition) is 2. The molecule has 0 aliphatic carbocycles. The zero-order chi connectivity index (χ0) is 11.9. The van der Waals surface area contributed by atoms with Crippen molar-refractivity contribution in [3.63, 3.8) is 0 Å². The normalized spacial score (nSPS) is 12.5. The molecule has 0 fully saturated rings. The summed E-state index contributed by atoms with van der Waals surface area (Å²) in [5.74, 6) is 0. The van der Waals surface area contributed by atoms with Gasteiger partial charge in [0.2, 0.25) is 0 Å². The van der Waals surface area contributed by atoms with Crippen molar-refractivity contribution in [2.75, 3.05) is 0 Å². The molecule has 2 heteroatoms. The minimum Gasteiger partial charge on any atom is -0.472 e. The summed E-state index contributed by atoms with van der Waals surface area (Å²) in [6, 6.07) is 13.1. The molecular formula is C15H19NO. The predicted octanol–water partition coefficient (Wildman–Crippen LogP) is 3.39. The molecule has 1 aromatic carbocycles. The van der Waals surface area contributed by atoms with Crippen molar-refractivity contribution in [1.82, 2.24) is 5.32 Å². The van der Waals surface area contributed by atoms with Gasteiger partial charge in [-0.15, -0.1) is 0 Å². The van der Waals surface area contributed by atoms with Crippen LogP contribution in [0.15, 0.2) is 53.3 Å². The molecule has 2 nitrogen and oxygen atoms in total. The van der Waals surface area contributed by atoms with E-state index in [-0.39, 0.29) is 0 Å². The van der Waals surface area contributed by atoms with Gasteiger partial charge in [-0.25, -0.2) is 0 Å². The van der Waals surface area contributed by atoms with Gasteiger partial charge < -0.3 is 9.73 Å². The molecule has 1 heterocycles. The van der Waals surface area contributed by atoms with Crippen molar-refractivity contribution in [2.24, 2.45) is 0 Å². The molecule has 1 aromatic heterocycles. The Morgan fingerprint density at radius 1 is 1.12 bits per heavy atom. The fourth-order valence-corrected chi connectivity index (χ4v) is 1.91. The van der Waals surface area contributed by atoms with Gasteiger partial charge in [-0.1, -0.05) is 37.3 Å². The maximum atomic E-state index is 5.06. The van der Waals surface area contributed by atoms with Crippen LogP contribution in [0.4, 0.5) is 0 Å². The fraction of sp³-hybridized carbons (Fsp3) is 0.333. The van der Waals surface area contributed by atoms with E-state index in [4.69, 9.17) is 4.42 Å². The van der Waals surface area contributed by atoms with Gasteiger partial charge >= 0.3 is 0 Å².